The molecule has 0 aliphatic carbocycles. The molecule has 0 saturated carbocycles. The van der Waals surface area contributed by atoms with Gasteiger partial charge in [-0.2, -0.15) is 0 Å². The molecule has 2 saturated heterocycles. The smallest absolute Gasteiger partial charge is 0.169 e. The third-order valence-corrected chi connectivity index (χ3v) is 3.34. The van der Waals surface area contributed by atoms with Gasteiger partial charge in [0, 0.05) is 6.42 Å². The lowest BCUT2D eigenvalue weighted by atomic mass is 10.1. The molecule has 0 radical (unpaired) electrons. The van der Waals surface area contributed by atoms with Gasteiger partial charge in [0.2, 0.25) is 0 Å². The lowest BCUT2D eigenvalue weighted by molar-refractivity contribution is -0.143. The van der Waals surface area contributed by atoms with Crippen molar-refractivity contribution in [3.63, 3.8) is 0 Å². The molecule has 2 rings (SSSR count). The van der Waals surface area contributed by atoms with Crippen molar-refractivity contribution in [1.82, 2.24) is 0 Å². The Morgan fingerprint density at radius 3 is 2.39 bits per heavy atom. The lowest BCUT2D eigenvalue weighted by Crippen LogP contribution is -2.25. The quantitative estimate of drug-likeness (QED) is 0.725. The van der Waals surface area contributed by atoms with E-state index in [2.05, 4.69) is 19.1 Å². The van der Waals surface area contributed by atoms with Gasteiger partial charge in [-0.05, 0) is 27.2 Å². The highest BCUT2D eigenvalue weighted by Crippen LogP contribution is 2.31. The molecule has 0 amide bonds. The maximum Gasteiger partial charge on any atom is 0.169 e. The Labute approximate surface area is 109 Å². The minimum atomic E-state index is -0.486. The van der Waals surface area contributed by atoms with E-state index >= 15 is 0 Å². The Morgan fingerprint density at radius 1 is 1.11 bits per heavy atom. The number of rotatable bonds is 4. The summed E-state index contributed by atoms with van der Waals surface area (Å²) >= 11 is 0. The van der Waals surface area contributed by atoms with Gasteiger partial charge in [0.05, 0.1) is 19.3 Å². The van der Waals surface area contributed by atoms with Gasteiger partial charge in [0.25, 0.3) is 0 Å². The highest BCUT2D eigenvalue weighted by molar-refractivity contribution is 4.99. The summed E-state index contributed by atoms with van der Waals surface area (Å²) in [5.74, 6) is -0.951. The minimum absolute atomic E-state index is 0.0232. The monoisotopic (exact) mass is 256 g/mol. The van der Waals surface area contributed by atoms with Crippen LogP contribution in [0.1, 0.15) is 40.5 Å². The van der Waals surface area contributed by atoms with E-state index in [9.17, 15) is 0 Å². The summed E-state index contributed by atoms with van der Waals surface area (Å²) in [6.07, 6.45) is 5.99. The van der Waals surface area contributed by atoms with Crippen molar-refractivity contribution in [2.75, 3.05) is 13.2 Å². The van der Waals surface area contributed by atoms with Crippen molar-refractivity contribution in [1.29, 1.82) is 0 Å². The van der Waals surface area contributed by atoms with Crippen molar-refractivity contribution in [2.45, 2.75) is 64.3 Å². The van der Waals surface area contributed by atoms with Gasteiger partial charge in [0.15, 0.2) is 11.6 Å². The second-order valence-corrected chi connectivity index (χ2v) is 5.51. The van der Waals surface area contributed by atoms with E-state index in [1.165, 1.54) is 0 Å². The van der Waals surface area contributed by atoms with Gasteiger partial charge in [0.1, 0.15) is 6.10 Å². The highest BCUT2D eigenvalue weighted by Gasteiger charge is 2.39. The number of ether oxygens (including phenoxy) is 4. The zero-order valence-electron chi connectivity index (χ0n) is 11.8. The molecule has 2 heterocycles. The molecule has 4 heteroatoms. The van der Waals surface area contributed by atoms with Crippen LogP contribution in [-0.2, 0) is 18.9 Å². The summed E-state index contributed by atoms with van der Waals surface area (Å²) in [7, 11) is 0. The summed E-state index contributed by atoms with van der Waals surface area (Å²) in [6, 6.07) is 0. The van der Waals surface area contributed by atoms with Crippen LogP contribution in [0.25, 0.3) is 0 Å². The first-order valence-corrected chi connectivity index (χ1v) is 6.74. The average molecular weight is 256 g/mol. The molecule has 2 aliphatic rings. The standard InChI is InChI=1S/C14H24O4/c1-5-11-12(18-13(2,3)17-11)7-6-8-14(4)15-9-10-16-14/h6-7,11-12H,5,8-10H2,1-4H3/b7-6+/t11-,12-/m1/s1. The second kappa shape index (κ2) is 5.29. The van der Waals surface area contributed by atoms with E-state index in [1.807, 2.05) is 20.8 Å². The van der Waals surface area contributed by atoms with E-state index in [-0.39, 0.29) is 12.2 Å². The van der Waals surface area contributed by atoms with Crippen LogP contribution in [0.15, 0.2) is 12.2 Å². The van der Waals surface area contributed by atoms with Crippen LogP contribution in [0.4, 0.5) is 0 Å². The third kappa shape index (κ3) is 3.32. The minimum Gasteiger partial charge on any atom is -0.348 e. The van der Waals surface area contributed by atoms with E-state index in [0.29, 0.717) is 13.2 Å². The molecule has 0 bridgehead atoms. The maximum atomic E-state index is 5.86. The fourth-order valence-electron chi connectivity index (χ4n) is 2.43. The van der Waals surface area contributed by atoms with Crippen LogP contribution in [0.2, 0.25) is 0 Å². The van der Waals surface area contributed by atoms with Crippen molar-refractivity contribution in [3.05, 3.63) is 12.2 Å². The Hall–Kier alpha value is -0.420. The zero-order valence-corrected chi connectivity index (χ0v) is 11.8. The van der Waals surface area contributed by atoms with Crippen molar-refractivity contribution in [2.24, 2.45) is 0 Å². The number of hydrogen-bond donors (Lipinski definition) is 0. The fourth-order valence-corrected chi connectivity index (χ4v) is 2.43. The Balaban J connectivity index is 1.88. The van der Waals surface area contributed by atoms with Crippen LogP contribution in [0, 0.1) is 0 Å². The topological polar surface area (TPSA) is 36.9 Å². The Bertz CT molecular complexity index is 305. The molecule has 18 heavy (non-hydrogen) atoms. The van der Waals surface area contributed by atoms with Crippen LogP contribution >= 0.6 is 0 Å². The molecular weight excluding hydrogens is 232 g/mol. The molecule has 0 N–H and O–H groups in total. The zero-order chi connectivity index (χ0) is 13.2. The summed E-state index contributed by atoms with van der Waals surface area (Å²) < 4.78 is 22.8. The van der Waals surface area contributed by atoms with E-state index in [0.717, 1.165) is 12.8 Å². The predicted octanol–water partition coefficient (Wildman–Crippen LogP) is 2.63. The first-order valence-electron chi connectivity index (χ1n) is 6.74. The van der Waals surface area contributed by atoms with E-state index < -0.39 is 11.6 Å². The van der Waals surface area contributed by atoms with Gasteiger partial charge in [-0.15, -0.1) is 0 Å². The molecule has 0 aromatic heterocycles. The average Bonchev–Trinajstić information content (AvgIpc) is 2.83. The third-order valence-electron chi connectivity index (χ3n) is 3.34. The fraction of sp³-hybridized carbons (Fsp3) is 0.857. The van der Waals surface area contributed by atoms with Crippen LogP contribution in [0.5, 0.6) is 0 Å². The van der Waals surface area contributed by atoms with Crippen LogP contribution in [0.3, 0.4) is 0 Å². The summed E-state index contributed by atoms with van der Waals surface area (Å²) in [4.78, 5) is 0. The molecule has 2 aliphatic heterocycles. The van der Waals surface area contributed by atoms with E-state index in [4.69, 9.17) is 18.9 Å². The molecule has 2 fully saturated rings. The summed E-state index contributed by atoms with van der Waals surface area (Å²) in [5, 5.41) is 0. The van der Waals surface area contributed by atoms with Crippen LogP contribution in [-0.4, -0.2) is 37.0 Å². The predicted molar refractivity (Wildman–Crippen MR) is 68.2 cm³/mol. The van der Waals surface area contributed by atoms with Gasteiger partial charge in [-0.3, -0.25) is 0 Å². The van der Waals surface area contributed by atoms with Crippen molar-refractivity contribution >= 4 is 0 Å². The second-order valence-electron chi connectivity index (χ2n) is 5.51. The molecule has 0 unspecified atom stereocenters. The largest absolute Gasteiger partial charge is 0.348 e. The van der Waals surface area contributed by atoms with Crippen LogP contribution < -0.4 is 0 Å². The number of hydrogen-bond acceptors (Lipinski definition) is 4. The van der Waals surface area contributed by atoms with Gasteiger partial charge in [-0.1, -0.05) is 19.1 Å². The SMILES string of the molecule is CC[C@H]1OC(C)(C)O[C@@H]1/C=C/CC1(C)OCCO1. The molecule has 0 aromatic carbocycles. The summed E-state index contributed by atoms with van der Waals surface area (Å²) in [5.41, 5.74) is 0. The first kappa shape index (κ1) is 14.0. The molecule has 0 spiro atoms. The highest BCUT2D eigenvalue weighted by atomic mass is 16.8. The van der Waals surface area contributed by atoms with Gasteiger partial charge in [-0.25, -0.2) is 0 Å². The van der Waals surface area contributed by atoms with Gasteiger partial charge >= 0.3 is 0 Å². The molecule has 0 aromatic rings. The maximum absolute atomic E-state index is 5.86. The summed E-state index contributed by atoms with van der Waals surface area (Å²) in [6.45, 7) is 9.34. The normalized spacial score (nSPS) is 34.4. The Kier molecular flexibility index (Phi) is 4.11. The molecule has 104 valence electrons. The molecular formula is C14H24O4. The molecule has 2 atom stereocenters. The molecule has 4 nitrogen and oxygen atoms in total. The lowest BCUT2D eigenvalue weighted by Gasteiger charge is -2.20. The van der Waals surface area contributed by atoms with Crippen molar-refractivity contribution in [3.8, 4) is 0 Å². The van der Waals surface area contributed by atoms with E-state index in [1.54, 1.807) is 0 Å². The Morgan fingerprint density at radius 2 is 1.78 bits per heavy atom. The first-order chi connectivity index (χ1) is 8.44. The van der Waals surface area contributed by atoms with Gasteiger partial charge < -0.3 is 18.9 Å². The van der Waals surface area contributed by atoms with Crippen molar-refractivity contribution < 1.29 is 18.9 Å².